The first kappa shape index (κ1) is 23.1. The molecular weight excluding hydrogens is 392 g/mol. The summed E-state index contributed by atoms with van der Waals surface area (Å²) in [6, 6.07) is 14.2. The van der Waals surface area contributed by atoms with E-state index >= 15 is 0 Å². The average molecular weight is 427 g/mol. The van der Waals surface area contributed by atoms with Gasteiger partial charge in [0.05, 0.1) is 19.9 Å². The number of piperidine rings is 1. The Labute approximate surface area is 185 Å². The molecule has 1 heterocycles. The van der Waals surface area contributed by atoms with Crippen molar-refractivity contribution in [3.8, 4) is 17.2 Å². The van der Waals surface area contributed by atoms with Crippen LogP contribution in [0.1, 0.15) is 38.7 Å². The maximum Gasteiger partial charge on any atom is 0.161 e. The molecule has 31 heavy (non-hydrogen) atoms. The molecule has 1 N–H and O–H groups in total. The van der Waals surface area contributed by atoms with Gasteiger partial charge in [-0.3, -0.25) is 9.89 Å². The van der Waals surface area contributed by atoms with Crippen molar-refractivity contribution in [2.45, 2.75) is 51.3 Å². The van der Waals surface area contributed by atoms with Crippen LogP contribution in [0.5, 0.6) is 17.2 Å². The smallest absolute Gasteiger partial charge is 0.161 e. The first-order chi connectivity index (χ1) is 15.0. The van der Waals surface area contributed by atoms with Crippen molar-refractivity contribution in [2.24, 2.45) is 4.99 Å². The fourth-order valence-corrected chi connectivity index (χ4v) is 4.03. The van der Waals surface area contributed by atoms with E-state index in [0.717, 1.165) is 17.0 Å². The molecule has 0 bridgehead atoms. The molecule has 0 aromatic heterocycles. The van der Waals surface area contributed by atoms with Crippen molar-refractivity contribution in [3.05, 3.63) is 48.0 Å². The van der Waals surface area contributed by atoms with Crippen LogP contribution in [0.3, 0.4) is 0 Å². The highest BCUT2D eigenvalue weighted by atomic mass is 16.5. The number of nitrogens with zero attached hydrogens (tertiary/aromatic N) is 2. The van der Waals surface area contributed by atoms with E-state index in [4.69, 9.17) is 14.2 Å². The van der Waals surface area contributed by atoms with Crippen LogP contribution in [0.4, 0.5) is 5.69 Å². The van der Waals surface area contributed by atoms with Crippen LogP contribution < -0.4 is 14.2 Å². The molecule has 2 aromatic carbocycles. The number of rotatable bonds is 9. The molecule has 0 aliphatic carbocycles. The summed E-state index contributed by atoms with van der Waals surface area (Å²) in [6.07, 6.45) is 4.94. The number of hydrogen-bond donors (Lipinski definition) is 1. The zero-order valence-electron chi connectivity index (χ0n) is 19.0. The summed E-state index contributed by atoms with van der Waals surface area (Å²) in [5.41, 5.74) is 1.74. The highest BCUT2D eigenvalue weighted by molar-refractivity contribution is 5.83. The van der Waals surface area contributed by atoms with Gasteiger partial charge < -0.3 is 19.3 Å². The maximum absolute atomic E-state index is 10.4. The number of methoxy groups -OCH3 is 2. The van der Waals surface area contributed by atoms with Gasteiger partial charge in [-0.1, -0.05) is 6.42 Å². The van der Waals surface area contributed by atoms with Gasteiger partial charge in [0, 0.05) is 24.8 Å². The topological polar surface area (TPSA) is 63.5 Å². The van der Waals surface area contributed by atoms with Crippen LogP contribution in [-0.4, -0.2) is 61.8 Å². The highest BCUT2D eigenvalue weighted by Gasteiger charge is 2.26. The lowest BCUT2D eigenvalue weighted by atomic mass is 9.97. The Balaban J connectivity index is 1.51. The third-order valence-electron chi connectivity index (χ3n) is 5.85. The first-order valence-electron chi connectivity index (χ1n) is 10.9. The van der Waals surface area contributed by atoms with Gasteiger partial charge in [-0.2, -0.15) is 0 Å². The number of aliphatic hydroxyl groups is 1. The van der Waals surface area contributed by atoms with E-state index in [1.807, 2.05) is 42.5 Å². The van der Waals surface area contributed by atoms with Gasteiger partial charge >= 0.3 is 0 Å². The van der Waals surface area contributed by atoms with E-state index in [9.17, 15) is 5.11 Å². The molecule has 2 aromatic rings. The minimum absolute atomic E-state index is 0.282. The van der Waals surface area contributed by atoms with Crippen LogP contribution in [-0.2, 0) is 0 Å². The second kappa shape index (κ2) is 11.2. The second-order valence-electron chi connectivity index (χ2n) is 8.16. The Bertz CT molecular complexity index is 843. The molecule has 3 atom stereocenters. The minimum atomic E-state index is -0.509. The predicted molar refractivity (Wildman–Crippen MR) is 124 cm³/mol. The number of aliphatic hydroxyl groups excluding tert-OH is 1. The van der Waals surface area contributed by atoms with E-state index < -0.39 is 6.10 Å². The molecule has 1 aliphatic heterocycles. The molecule has 3 rings (SSSR count). The largest absolute Gasteiger partial charge is 0.493 e. The number of aliphatic imine (C=N–C) groups is 1. The summed E-state index contributed by atoms with van der Waals surface area (Å²) in [6.45, 7) is 5.41. The molecule has 0 amide bonds. The quantitative estimate of drug-likeness (QED) is 0.600. The Morgan fingerprint density at radius 3 is 2.35 bits per heavy atom. The molecule has 0 unspecified atom stereocenters. The van der Waals surface area contributed by atoms with Crippen LogP contribution in [0, 0.1) is 0 Å². The summed E-state index contributed by atoms with van der Waals surface area (Å²) in [4.78, 5) is 6.90. The summed E-state index contributed by atoms with van der Waals surface area (Å²) in [5.74, 6) is 2.08. The Morgan fingerprint density at radius 2 is 1.71 bits per heavy atom. The Hall–Kier alpha value is -2.57. The standard InChI is InChI=1S/C25H34N2O4/c1-18-6-5-7-19(2)27(18)16-22(28)17-31-23-11-9-21(10-12-23)26-15-20-8-13-24(29-3)25(14-20)30-4/h8-15,18-19,22,28H,5-7,16-17H2,1-4H3/t18-,19-,22-/m1/s1. The molecule has 168 valence electrons. The summed E-state index contributed by atoms with van der Waals surface area (Å²) in [5, 5.41) is 10.4. The fraction of sp³-hybridized carbons (Fsp3) is 0.480. The zero-order valence-corrected chi connectivity index (χ0v) is 19.0. The van der Waals surface area contributed by atoms with Crippen molar-refractivity contribution in [1.29, 1.82) is 0 Å². The van der Waals surface area contributed by atoms with Crippen molar-refractivity contribution in [3.63, 3.8) is 0 Å². The van der Waals surface area contributed by atoms with Gasteiger partial charge in [0.2, 0.25) is 0 Å². The van der Waals surface area contributed by atoms with E-state index in [-0.39, 0.29) is 6.61 Å². The van der Waals surface area contributed by atoms with E-state index in [0.29, 0.717) is 30.1 Å². The van der Waals surface area contributed by atoms with Crippen molar-refractivity contribution in [2.75, 3.05) is 27.4 Å². The zero-order chi connectivity index (χ0) is 22.2. The van der Waals surface area contributed by atoms with E-state index in [2.05, 4.69) is 23.7 Å². The third-order valence-corrected chi connectivity index (χ3v) is 5.85. The molecule has 1 fully saturated rings. The molecule has 0 spiro atoms. The highest BCUT2D eigenvalue weighted by Crippen LogP contribution is 2.27. The van der Waals surface area contributed by atoms with Gasteiger partial charge in [-0.15, -0.1) is 0 Å². The van der Waals surface area contributed by atoms with Gasteiger partial charge in [0.25, 0.3) is 0 Å². The lowest BCUT2D eigenvalue weighted by molar-refractivity contribution is 0.0209. The van der Waals surface area contributed by atoms with Crippen molar-refractivity contribution < 1.29 is 19.3 Å². The second-order valence-corrected chi connectivity index (χ2v) is 8.16. The number of benzene rings is 2. The van der Waals surface area contributed by atoms with E-state index in [1.54, 1.807) is 20.4 Å². The number of hydrogen-bond acceptors (Lipinski definition) is 6. The fourth-order valence-electron chi connectivity index (χ4n) is 4.03. The van der Waals surface area contributed by atoms with Crippen molar-refractivity contribution in [1.82, 2.24) is 4.90 Å². The monoisotopic (exact) mass is 426 g/mol. The normalized spacial score (nSPS) is 20.5. The lowest BCUT2D eigenvalue weighted by Gasteiger charge is -2.40. The van der Waals surface area contributed by atoms with Gasteiger partial charge in [-0.05, 0) is 74.7 Å². The van der Waals surface area contributed by atoms with Crippen LogP contribution >= 0.6 is 0 Å². The lowest BCUT2D eigenvalue weighted by Crippen LogP contribution is -2.48. The SMILES string of the molecule is COc1ccc(C=Nc2ccc(OC[C@H](O)CN3[C@H](C)CCC[C@H]3C)cc2)cc1OC. The summed E-state index contributed by atoms with van der Waals surface area (Å²) in [7, 11) is 3.23. The van der Waals surface area contributed by atoms with Crippen LogP contribution in [0.2, 0.25) is 0 Å². The minimum Gasteiger partial charge on any atom is -0.493 e. The first-order valence-corrected chi connectivity index (χ1v) is 10.9. The number of ether oxygens (including phenoxy) is 3. The molecule has 0 saturated carbocycles. The molecule has 1 saturated heterocycles. The molecule has 0 radical (unpaired) electrons. The molecule has 1 aliphatic rings. The van der Waals surface area contributed by atoms with Gasteiger partial charge in [0.15, 0.2) is 11.5 Å². The third kappa shape index (κ3) is 6.45. The van der Waals surface area contributed by atoms with Crippen molar-refractivity contribution >= 4 is 11.9 Å². The Kier molecular flexibility index (Phi) is 8.32. The van der Waals surface area contributed by atoms with Crippen LogP contribution in [0.15, 0.2) is 47.5 Å². The van der Waals surface area contributed by atoms with E-state index in [1.165, 1.54) is 19.3 Å². The number of β-amino-alcohol motifs (C(OH)–C–C–N with tert-alkyl or cyclic N) is 1. The summed E-state index contributed by atoms with van der Waals surface area (Å²) >= 11 is 0. The maximum atomic E-state index is 10.4. The predicted octanol–water partition coefficient (Wildman–Crippen LogP) is 4.46. The van der Waals surface area contributed by atoms with Crippen LogP contribution in [0.25, 0.3) is 0 Å². The Morgan fingerprint density at radius 1 is 1.03 bits per heavy atom. The van der Waals surface area contributed by atoms with Gasteiger partial charge in [0.1, 0.15) is 18.5 Å². The van der Waals surface area contributed by atoms with Gasteiger partial charge in [-0.25, -0.2) is 0 Å². The summed E-state index contributed by atoms with van der Waals surface area (Å²) < 4.78 is 16.4. The molecular formula is C25H34N2O4. The average Bonchev–Trinajstić information content (AvgIpc) is 2.79. The molecule has 6 heteroatoms. The number of likely N-dealkylation sites (tertiary alicyclic amines) is 1. The molecule has 6 nitrogen and oxygen atoms in total.